The van der Waals surface area contributed by atoms with Gasteiger partial charge in [-0.15, -0.1) is 0 Å². The molecule has 0 aliphatic rings. The molecule has 0 saturated carbocycles. The summed E-state index contributed by atoms with van der Waals surface area (Å²) in [6, 6.07) is 0. The summed E-state index contributed by atoms with van der Waals surface area (Å²) in [6.45, 7) is 0. The van der Waals surface area contributed by atoms with E-state index in [0.717, 1.165) is 6.29 Å². The monoisotopic (exact) mass is 292 g/mol. The van der Waals surface area contributed by atoms with Crippen LogP contribution in [-0.4, -0.2) is 28.3 Å². The van der Waals surface area contributed by atoms with Gasteiger partial charge in [0.05, 0.1) is 0 Å². The van der Waals surface area contributed by atoms with Crippen molar-refractivity contribution in [3.8, 4) is 0 Å². The van der Waals surface area contributed by atoms with Crippen LogP contribution in [0.5, 0.6) is 0 Å². The van der Waals surface area contributed by atoms with Crippen LogP contribution < -0.4 is 44.7 Å². The number of rotatable bonds is 7. The number of hydrogen-bond donors (Lipinski definition) is 1. The summed E-state index contributed by atoms with van der Waals surface area (Å²) in [5.41, 5.74) is 0. The van der Waals surface area contributed by atoms with Crippen molar-refractivity contribution in [3.05, 3.63) is 0 Å². The molecule has 0 amide bonds. The molecule has 0 aromatic rings. The standard InChI is InChI=1S/C7H10O8P.Na.H2O/c8-4-7(3-6(11)12,16(13,14)15)2-1-5(9)10;;/h1-3H2,(H,9,10)(H,11,12)(H2,13,14,15);;1H2/q-1;+1;/p-2. The summed E-state index contributed by atoms with van der Waals surface area (Å²) in [7, 11) is -5.40. The number of carboxylic acid groups (broad SMARTS) is 2. The van der Waals surface area contributed by atoms with Crippen LogP contribution in [0, 0.1) is 0 Å². The van der Waals surface area contributed by atoms with Gasteiger partial charge < -0.3 is 44.4 Å². The molecule has 0 radical (unpaired) electrons. The Morgan fingerprint density at radius 3 is 1.94 bits per heavy atom. The number of hydrogen-bond acceptors (Lipinski definition) is 7. The normalized spacial score (nSPS) is 16.1. The third-order valence-electron chi connectivity index (χ3n) is 1.91. The van der Waals surface area contributed by atoms with E-state index in [2.05, 4.69) is 0 Å². The maximum atomic E-state index is 10.8. The van der Waals surface area contributed by atoms with Gasteiger partial charge in [0.15, 0.2) is 0 Å². The van der Waals surface area contributed by atoms with Crippen molar-refractivity contribution >= 4 is 25.8 Å². The molecule has 0 fully saturated rings. The zero-order valence-electron chi connectivity index (χ0n) is 9.45. The number of carbonyl (C=O) groups is 2. The third-order valence-corrected chi connectivity index (χ3v) is 3.47. The molecule has 0 aliphatic carbocycles. The summed E-state index contributed by atoms with van der Waals surface area (Å²) in [5, 5.41) is 17.5. The fourth-order valence-corrected chi connectivity index (χ4v) is 1.86. The Morgan fingerprint density at radius 2 is 1.72 bits per heavy atom. The Bertz CT molecular complexity index is 351. The topological polar surface area (TPSA) is 191 Å². The van der Waals surface area contributed by atoms with Crippen LogP contribution in [0.25, 0.3) is 0 Å². The molecule has 0 aromatic heterocycles. The van der Waals surface area contributed by atoms with Crippen LogP contribution in [0.2, 0.25) is 0 Å². The van der Waals surface area contributed by atoms with Crippen molar-refractivity contribution in [2.75, 3.05) is 0 Å². The van der Waals surface area contributed by atoms with Gasteiger partial charge in [0.1, 0.15) is 7.60 Å². The van der Waals surface area contributed by atoms with E-state index in [1.165, 1.54) is 0 Å². The third kappa shape index (κ3) is 6.60. The van der Waals surface area contributed by atoms with E-state index in [4.69, 9.17) is 4.89 Å². The first-order valence-electron chi connectivity index (χ1n) is 3.97. The van der Waals surface area contributed by atoms with Crippen LogP contribution in [0.1, 0.15) is 19.3 Å². The Morgan fingerprint density at radius 1 is 1.28 bits per heavy atom. The molecular weight excluding hydrogens is 282 g/mol. The quantitative estimate of drug-likeness (QED) is 0.207. The molecule has 0 saturated heterocycles. The van der Waals surface area contributed by atoms with Gasteiger partial charge in [0, 0.05) is 11.9 Å². The van der Waals surface area contributed by atoms with Crippen molar-refractivity contribution in [3.63, 3.8) is 0 Å². The van der Waals surface area contributed by atoms with Gasteiger partial charge in [-0.1, -0.05) is 11.6 Å². The molecule has 18 heavy (non-hydrogen) atoms. The second kappa shape index (κ2) is 8.76. The Labute approximate surface area is 124 Å². The summed E-state index contributed by atoms with van der Waals surface area (Å²) in [6.07, 6.45) is -2.35. The molecule has 4 N–H and O–H groups in total. The molecule has 0 aliphatic heterocycles. The van der Waals surface area contributed by atoms with E-state index in [1.807, 2.05) is 0 Å². The van der Waals surface area contributed by atoms with Crippen LogP contribution in [0.3, 0.4) is 0 Å². The first kappa shape index (κ1) is 22.9. The van der Waals surface area contributed by atoms with Gasteiger partial charge in [-0.25, -0.2) is 6.29 Å². The largest absolute Gasteiger partial charge is 1.00 e. The summed E-state index contributed by atoms with van der Waals surface area (Å²) < 4.78 is 10.8. The van der Waals surface area contributed by atoms with Gasteiger partial charge in [-0.05, 0) is 12.8 Å². The smallest absolute Gasteiger partial charge is 0.780 e. The molecular formula is C7H10NaO9P-2. The minimum absolute atomic E-state index is 0. The van der Waals surface area contributed by atoms with Crippen molar-refractivity contribution in [1.82, 2.24) is 0 Å². The predicted octanol–water partition coefficient (Wildman–Crippen LogP) is -7.87. The fraction of sp³-hybridized carbons (Fsp3) is 0.571. The second-order valence-corrected chi connectivity index (χ2v) is 4.97. The van der Waals surface area contributed by atoms with E-state index < -0.39 is 44.0 Å². The summed E-state index contributed by atoms with van der Waals surface area (Å²) >= 11 is 0. The Hall–Kier alpha value is -0.280. The summed E-state index contributed by atoms with van der Waals surface area (Å²) in [4.78, 5) is 50.4. The van der Waals surface area contributed by atoms with Gasteiger partial charge in [-0.3, -0.25) is 0 Å². The minimum atomic E-state index is -5.40. The molecule has 0 rings (SSSR count). The fourth-order valence-electron chi connectivity index (χ4n) is 1.02. The molecule has 2 atom stereocenters. The van der Waals surface area contributed by atoms with E-state index >= 15 is 0 Å². The van der Waals surface area contributed by atoms with Gasteiger partial charge in [-0.2, -0.15) is 0 Å². The summed E-state index contributed by atoms with van der Waals surface area (Å²) in [5.74, 6) is -3.61. The Balaban J connectivity index is -0.00000112. The van der Waals surface area contributed by atoms with E-state index in [0.29, 0.717) is 0 Å². The predicted molar refractivity (Wildman–Crippen MR) is 47.0 cm³/mol. The van der Waals surface area contributed by atoms with Gasteiger partial charge in [0.25, 0.3) is 0 Å². The number of aliphatic carboxylic acids is 2. The molecule has 0 aromatic carbocycles. The maximum absolute atomic E-state index is 10.8. The average Bonchev–Trinajstić information content (AvgIpc) is 2.09. The first-order chi connectivity index (χ1) is 7.14. The average molecular weight is 292 g/mol. The zero-order valence-corrected chi connectivity index (χ0v) is 12.3. The molecule has 0 spiro atoms. The van der Waals surface area contributed by atoms with Crippen molar-refractivity contribution in [1.29, 1.82) is 0 Å². The number of carboxylic acids is 2. The second-order valence-electron chi connectivity index (χ2n) is 3.07. The molecule has 100 valence electrons. The van der Waals surface area contributed by atoms with E-state index in [-0.39, 0.29) is 35.0 Å². The molecule has 0 bridgehead atoms. The Kier molecular flexibility index (Phi) is 11.1. The van der Waals surface area contributed by atoms with Crippen molar-refractivity contribution < 1.29 is 74.0 Å². The molecule has 2 unspecified atom stereocenters. The zero-order chi connectivity index (χ0) is 13.0. The first-order valence-corrected chi connectivity index (χ1v) is 5.55. The van der Waals surface area contributed by atoms with Crippen LogP contribution in [0.15, 0.2) is 0 Å². The van der Waals surface area contributed by atoms with E-state index in [1.54, 1.807) is 0 Å². The van der Waals surface area contributed by atoms with Gasteiger partial charge in [0.2, 0.25) is 0 Å². The van der Waals surface area contributed by atoms with E-state index in [9.17, 15) is 34.1 Å². The molecule has 11 heteroatoms. The molecule has 9 nitrogen and oxygen atoms in total. The van der Waals surface area contributed by atoms with Crippen molar-refractivity contribution in [2.45, 2.75) is 24.4 Å². The van der Waals surface area contributed by atoms with Crippen molar-refractivity contribution in [2.24, 2.45) is 0 Å². The van der Waals surface area contributed by atoms with Crippen LogP contribution >= 0.6 is 7.60 Å². The maximum Gasteiger partial charge on any atom is 1.00 e. The number of carbonyl (C=O) groups excluding carboxylic acids is 3. The van der Waals surface area contributed by atoms with Crippen LogP contribution in [-0.2, 0) is 24.4 Å². The minimum Gasteiger partial charge on any atom is -0.780 e. The van der Waals surface area contributed by atoms with Gasteiger partial charge >= 0.3 is 29.6 Å². The molecule has 0 heterocycles. The SMILES string of the molecule is O=[C-]C(CCC(=O)[O-])(CC(=O)[O-])P(=O)([O-])O.[Na+].[OH3+]. The van der Waals surface area contributed by atoms with Crippen LogP contribution in [0.4, 0.5) is 0 Å².